The number of piperazine rings is 1. The Bertz CT molecular complexity index is 1850. The van der Waals surface area contributed by atoms with E-state index >= 15 is 0 Å². The number of nitro groups is 1. The summed E-state index contributed by atoms with van der Waals surface area (Å²) in [7, 11) is 0. The zero-order valence-electron chi connectivity index (χ0n) is 29.7. The van der Waals surface area contributed by atoms with Crippen molar-refractivity contribution in [1.29, 1.82) is 0 Å². The molecule has 2 aliphatic heterocycles. The van der Waals surface area contributed by atoms with Gasteiger partial charge in [0.25, 0.3) is 5.69 Å². The summed E-state index contributed by atoms with van der Waals surface area (Å²) < 4.78 is 18.2. The molecule has 13 nitrogen and oxygen atoms in total. The smallest absolute Gasteiger partial charge is 0.325 e. The number of nitrogens with zero attached hydrogens (tertiary/aromatic N) is 3. The Morgan fingerprint density at radius 2 is 1.58 bits per heavy atom. The molecule has 2 fully saturated rings. The number of nitro benzene ring substituents is 1. The topological polar surface area (TPSA) is 156 Å². The summed E-state index contributed by atoms with van der Waals surface area (Å²) in [4.78, 5) is 39.1. The number of non-ortho nitro benzene ring substituents is 1. The van der Waals surface area contributed by atoms with Crippen LogP contribution in [0.25, 0.3) is 11.1 Å². The van der Waals surface area contributed by atoms with E-state index in [9.17, 15) is 24.8 Å². The van der Waals surface area contributed by atoms with Gasteiger partial charge in [0.1, 0.15) is 6.54 Å². The lowest BCUT2D eigenvalue weighted by molar-refractivity contribution is -0.384. The second-order valence-corrected chi connectivity index (χ2v) is 13.1. The van der Waals surface area contributed by atoms with E-state index in [1.54, 1.807) is 19.1 Å². The van der Waals surface area contributed by atoms with E-state index < -0.39 is 18.3 Å². The fourth-order valence-corrected chi connectivity index (χ4v) is 6.63. The third kappa shape index (κ3) is 10.2. The number of carbonyl (C=O) groups excluding carboxylic acids is 2. The Hall–Kier alpha value is -5.34. The number of carbonyl (C=O) groups is 2. The highest BCUT2D eigenvalue weighted by Gasteiger charge is 2.34. The second-order valence-electron chi connectivity index (χ2n) is 13.1. The van der Waals surface area contributed by atoms with Crippen molar-refractivity contribution in [3.8, 4) is 11.1 Å². The van der Waals surface area contributed by atoms with E-state index in [0.29, 0.717) is 6.42 Å². The first-order valence-electron chi connectivity index (χ1n) is 17.9. The number of ether oxygens (including phenoxy) is 3. The van der Waals surface area contributed by atoms with Gasteiger partial charge in [0.15, 0.2) is 6.29 Å². The van der Waals surface area contributed by atoms with E-state index in [0.717, 1.165) is 71.8 Å². The summed E-state index contributed by atoms with van der Waals surface area (Å²) in [6.45, 7) is 5.98. The maximum Gasteiger partial charge on any atom is 0.325 e. The van der Waals surface area contributed by atoms with Gasteiger partial charge in [-0.1, -0.05) is 60.7 Å². The first-order chi connectivity index (χ1) is 25.8. The molecule has 2 aliphatic rings. The molecule has 0 saturated carbocycles. The Morgan fingerprint density at radius 1 is 0.868 bits per heavy atom. The number of hydrogen-bond acceptors (Lipinski definition) is 10. The van der Waals surface area contributed by atoms with E-state index in [-0.39, 0.29) is 49.1 Å². The molecule has 3 N–H and O–H groups in total. The van der Waals surface area contributed by atoms with Gasteiger partial charge in [0.05, 0.1) is 30.3 Å². The molecule has 2 saturated heterocycles. The number of benzene rings is 4. The average Bonchev–Trinajstić information content (AvgIpc) is 3.20. The Morgan fingerprint density at radius 3 is 2.28 bits per heavy atom. The van der Waals surface area contributed by atoms with E-state index in [1.165, 1.54) is 0 Å². The van der Waals surface area contributed by atoms with Crippen LogP contribution in [0, 0.1) is 10.1 Å². The lowest BCUT2D eigenvalue weighted by Crippen LogP contribution is -2.49. The van der Waals surface area contributed by atoms with Gasteiger partial charge in [-0.05, 0) is 59.0 Å². The van der Waals surface area contributed by atoms with Crippen LogP contribution in [-0.4, -0.2) is 78.9 Å². The normalized spacial score (nSPS) is 19.0. The first-order valence-corrected chi connectivity index (χ1v) is 17.9. The SMILES string of the molecule is CCOC(=O)CNC(=O)NCc1cccc(-c2cccc(C3OC(CN4CCN(c5ccc([N+](=O)[O-])cc5)CC4)CC(c4ccc(CO)cc4)O3)c2)c1. The summed E-state index contributed by atoms with van der Waals surface area (Å²) >= 11 is 0. The van der Waals surface area contributed by atoms with Crippen LogP contribution in [0.5, 0.6) is 0 Å². The number of aliphatic hydroxyl groups excluding tert-OH is 1. The lowest BCUT2D eigenvalue weighted by atomic mass is 9.98. The Balaban J connectivity index is 1.13. The monoisotopic (exact) mass is 723 g/mol. The molecule has 0 aromatic heterocycles. The summed E-state index contributed by atoms with van der Waals surface area (Å²) in [5.74, 6) is -0.493. The maximum atomic E-state index is 12.2. The highest BCUT2D eigenvalue weighted by Crippen LogP contribution is 2.39. The zero-order chi connectivity index (χ0) is 37.2. The van der Waals surface area contributed by atoms with E-state index in [4.69, 9.17) is 14.2 Å². The van der Waals surface area contributed by atoms with E-state index in [1.807, 2.05) is 78.9 Å². The van der Waals surface area contributed by atoms with Crippen LogP contribution in [0.1, 0.15) is 48.0 Å². The lowest BCUT2D eigenvalue weighted by Gasteiger charge is -2.41. The number of urea groups is 1. The number of hydrogen-bond donors (Lipinski definition) is 3. The summed E-state index contributed by atoms with van der Waals surface area (Å²) in [5, 5.41) is 26.0. The third-order valence-electron chi connectivity index (χ3n) is 9.45. The van der Waals surface area contributed by atoms with Crippen LogP contribution in [-0.2, 0) is 32.2 Å². The third-order valence-corrected chi connectivity index (χ3v) is 9.45. The highest BCUT2D eigenvalue weighted by atomic mass is 16.7. The van der Waals surface area contributed by atoms with Gasteiger partial charge in [-0.2, -0.15) is 0 Å². The number of anilines is 1. The van der Waals surface area contributed by atoms with Gasteiger partial charge in [-0.3, -0.25) is 19.8 Å². The second kappa shape index (κ2) is 17.9. The number of esters is 1. The molecule has 2 heterocycles. The van der Waals surface area contributed by atoms with Crippen LogP contribution in [0.4, 0.5) is 16.2 Å². The number of nitrogens with one attached hydrogen (secondary N) is 2. The van der Waals surface area contributed by atoms with Crippen LogP contribution in [0.15, 0.2) is 97.1 Å². The van der Waals surface area contributed by atoms with Gasteiger partial charge in [0.2, 0.25) is 0 Å². The minimum absolute atomic E-state index is 0.0290. The molecular weight excluding hydrogens is 678 g/mol. The van der Waals surface area contributed by atoms with Crippen molar-refractivity contribution in [2.75, 3.05) is 50.8 Å². The molecule has 6 rings (SSSR count). The highest BCUT2D eigenvalue weighted by molar-refractivity contribution is 5.80. The van der Waals surface area contributed by atoms with Crippen molar-refractivity contribution in [2.45, 2.75) is 45.0 Å². The fraction of sp³-hybridized carbons (Fsp3) is 0.350. The van der Waals surface area contributed by atoms with Crippen LogP contribution >= 0.6 is 0 Å². The quantitative estimate of drug-likeness (QED) is 0.0917. The van der Waals surface area contributed by atoms with Crippen LogP contribution in [0.3, 0.4) is 0 Å². The molecular formula is C40H45N5O8. The number of rotatable bonds is 13. The molecule has 53 heavy (non-hydrogen) atoms. The molecule has 2 amide bonds. The standard InChI is InChI=1S/C40H45N5O8/c1-2-51-38(47)25-42-40(48)41-24-29-5-3-6-31(21-29)32-7-4-8-33(22-32)39-52-36(23-37(53-39)30-11-9-28(27-46)10-12-30)26-43-17-19-44(20-18-43)34-13-15-35(16-14-34)45(49)50/h3-16,21-22,36-37,39,46H,2,17-20,23-27H2,1H3,(H2,41,42,48). The molecule has 0 aliphatic carbocycles. The predicted molar refractivity (Wildman–Crippen MR) is 199 cm³/mol. The van der Waals surface area contributed by atoms with Crippen molar-refractivity contribution in [3.63, 3.8) is 0 Å². The molecule has 3 atom stereocenters. The average molecular weight is 724 g/mol. The van der Waals surface area contributed by atoms with Crippen LogP contribution < -0.4 is 15.5 Å². The number of amides is 2. The molecule has 4 aromatic rings. The van der Waals surface area contributed by atoms with Gasteiger partial charge in [-0.15, -0.1) is 0 Å². The van der Waals surface area contributed by atoms with Crippen molar-refractivity contribution < 1.29 is 33.8 Å². The van der Waals surface area contributed by atoms with Gasteiger partial charge < -0.3 is 34.9 Å². The van der Waals surface area contributed by atoms with Crippen molar-refractivity contribution in [3.05, 3.63) is 129 Å². The molecule has 0 radical (unpaired) electrons. The summed E-state index contributed by atoms with van der Waals surface area (Å²) in [5.41, 5.74) is 6.63. The fourth-order valence-electron chi connectivity index (χ4n) is 6.63. The molecule has 278 valence electrons. The molecule has 13 heteroatoms. The molecule has 0 spiro atoms. The largest absolute Gasteiger partial charge is 0.465 e. The van der Waals surface area contributed by atoms with Gasteiger partial charge in [0, 0.05) is 69.1 Å². The Kier molecular flexibility index (Phi) is 12.7. The van der Waals surface area contributed by atoms with Crippen molar-refractivity contribution in [2.24, 2.45) is 0 Å². The van der Waals surface area contributed by atoms with Gasteiger partial charge >= 0.3 is 12.0 Å². The van der Waals surface area contributed by atoms with Crippen molar-refractivity contribution in [1.82, 2.24) is 15.5 Å². The maximum absolute atomic E-state index is 12.2. The van der Waals surface area contributed by atoms with E-state index in [2.05, 4.69) is 26.5 Å². The molecule has 3 unspecified atom stereocenters. The molecule has 0 bridgehead atoms. The predicted octanol–water partition coefficient (Wildman–Crippen LogP) is 5.48. The first kappa shape index (κ1) is 37.4. The summed E-state index contributed by atoms with van der Waals surface area (Å²) in [6.07, 6.45) is -0.290. The molecule has 4 aromatic carbocycles. The summed E-state index contributed by atoms with van der Waals surface area (Å²) in [6, 6.07) is 30.1. The van der Waals surface area contributed by atoms with Gasteiger partial charge in [-0.25, -0.2) is 4.79 Å². The minimum Gasteiger partial charge on any atom is -0.465 e. The number of aliphatic hydroxyl groups is 1. The zero-order valence-corrected chi connectivity index (χ0v) is 29.7. The minimum atomic E-state index is -0.620. The Labute approximate surface area is 308 Å². The van der Waals surface area contributed by atoms with Crippen molar-refractivity contribution >= 4 is 23.4 Å². The van der Waals surface area contributed by atoms with Crippen LogP contribution in [0.2, 0.25) is 0 Å².